The van der Waals surface area contributed by atoms with Crippen LogP contribution in [0.1, 0.15) is 12.8 Å². The molecule has 1 saturated heterocycles. The normalized spacial score (nSPS) is 16.1. The van der Waals surface area contributed by atoms with Gasteiger partial charge in [-0.1, -0.05) is 18.2 Å². The molecule has 0 unspecified atom stereocenters. The molecule has 1 fully saturated rings. The lowest BCUT2D eigenvalue weighted by Crippen LogP contribution is -2.36. The molecule has 2 aromatic carbocycles. The lowest BCUT2D eigenvalue weighted by Gasteiger charge is -2.31. The van der Waals surface area contributed by atoms with Gasteiger partial charge in [0, 0.05) is 10.5 Å². The fourth-order valence-electron chi connectivity index (χ4n) is 3.15. The van der Waals surface area contributed by atoms with Gasteiger partial charge in [0.1, 0.15) is 0 Å². The van der Waals surface area contributed by atoms with Gasteiger partial charge in [-0.05, 0) is 73.2 Å². The first-order chi connectivity index (χ1) is 12.9. The summed E-state index contributed by atoms with van der Waals surface area (Å²) in [5.41, 5.74) is 1.17. The summed E-state index contributed by atoms with van der Waals surface area (Å²) >= 11 is 3.56. The summed E-state index contributed by atoms with van der Waals surface area (Å²) in [7, 11) is -0.0353. The van der Waals surface area contributed by atoms with Crippen LogP contribution in [0.4, 0.5) is 11.4 Å². The summed E-state index contributed by atoms with van der Waals surface area (Å²) in [5.74, 6) is 0.475. The maximum absolute atomic E-state index is 12.7. The number of nitrogens with zero attached hydrogens (tertiary/aromatic N) is 1. The molecule has 6 nitrogen and oxygen atoms in total. The number of anilines is 2. The zero-order valence-corrected chi connectivity index (χ0v) is 17.8. The second-order valence-electron chi connectivity index (χ2n) is 6.64. The van der Waals surface area contributed by atoms with Gasteiger partial charge >= 0.3 is 0 Å². The van der Waals surface area contributed by atoms with Crippen molar-refractivity contribution in [2.24, 2.45) is 0 Å². The van der Waals surface area contributed by atoms with Gasteiger partial charge in [0.15, 0.2) is 5.75 Å². The Labute approximate surface area is 169 Å². The van der Waals surface area contributed by atoms with E-state index in [1.807, 2.05) is 6.07 Å². The van der Waals surface area contributed by atoms with E-state index in [1.165, 1.54) is 0 Å². The highest BCUT2D eigenvalue weighted by Crippen LogP contribution is 2.41. The Morgan fingerprint density at radius 2 is 1.78 bits per heavy atom. The van der Waals surface area contributed by atoms with E-state index in [9.17, 15) is 8.42 Å². The predicted octanol–water partition coefficient (Wildman–Crippen LogP) is 3.76. The Balaban J connectivity index is 1.88. The third kappa shape index (κ3) is 4.75. The molecule has 2 N–H and O–H groups in total. The molecule has 8 heteroatoms. The number of benzene rings is 2. The fourth-order valence-corrected chi connectivity index (χ4v) is 4.66. The zero-order valence-electron chi connectivity index (χ0n) is 15.4. The topological polar surface area (TPSA) is 70.7 Å². The lowest BCUT2D eigenvalue weighted by atomic mass is 10.0. The third-order valence-electron chi connectivity index (χ3n) is 4.68. The number of likely N-dealkylation sites (tertiary alicyclic amines) is 1. The van der Waals surface area contributed by atoms with E-state index in [1.54, 1.807) is 43.5 Å². The summed E-state index contributed by atoms with van der Waals surface area (Å²) < 4.78 is 34.4. The number of nitrogens with one attached hydrogen (secondary N) is 2. The van der Waals surface area contributed by atoms with Crippen molar-refractivity contribution in [2.75, 3.05) is 37.3 Å². The number of rotatable bonds is 6. The predicted molar refractivity (Wildman–Crippen MR) is 112 cm³/mol. The Bertz CT molecular complexity index is 883. The van der Waals surface area contributed by atoms with E-state index in [0.717, 1.165) is 36.1 Å². The summed E-state index contributed by atoms with van der Waals surface area (Å²) in [6.07, 6.45) is 2.04. The maximum atomic E-state index is 12.7. The molecule has 1 aliphatic heterocycles. The number of ether oxygens (including phenoxy) is 1. The summed E-state index contributed by atoms with van der Waals surface area (Å²) in [4.78, 5) is 2.51. The number of methoxy groups -OCH3 is 1. The Kier molecular flexibility index (Phi) is 6.29. The SMILES string of the molecule is COc1c(NS(=O)(=O)c2ccccc2)ccc(Br)c1NC1CCN(C)CC1. The molecule has 146 valence electrons. The fraction of sp³-hybridized carbons (Fsp3) is 0.368. The standard InChI is InChI=1S/C19H24BrN3O3S/c1-23-12-10-14(11-13-23)21-18-16(20)8-9-17(19(18)26-2)22-27(24,25)15-6-4-3-5-7-15/h3-9,14,21-22H,10-13H2,1-2H3. The molecule has 0 bridgehead atoms. The van der Waals surface area contributed by atoms with Crippen LogP contribution >= 0.6 is 15.9 Å². The molecular formula is C19H24BrN3O3S. The second-order valence-corrected chi connectivity index (χ2v) is 9.18. The molecule has 0 radical (unpaired) electrons. The van der Waals surface area contributed by atoms with E-state index in [0.29, 0.717) is 17.5 Å². The quantitative estimate of drug-likeness (QED) is 0.696. The van der Waals surface area contributed by atoms with Gasteiger partial charge in [0.05, 0.1) is 23.4 Å². The largest absolute Gasteiger partial charge is 0.492 e. The number of hydrogen-bond donors (Lipinski definition) is 2. The van der Waals surface area contributed by atoms with Crippen LogP contribution in [-0.2, 0) is 10.0 Å². The van der Waals surface area contributed by atoms with Gasteiger partial charge in [-0.25, -0.2) is 8.42 Å². The molecule has 3 rings (SSSR count). The molecule has 0 aliphatic carbocycles. The first kappa shape index (κ1) is 20.0. The van der Waals surface area contributed by atoms with Gasteiger partial charge in [-0.2, -0.15) is 0 Å². The Hall–Kier alpha value is -1.77. The second kappa shape index (κ2) is 8.50. The van der Waals surface area contributed by atoms with E-state index in [4.69, 9.17) is 4.74 Å². The van der Waals surface area contributed by atoms with E-state index < -0.39 is 10.0 Å². The van der Waals surface area contributed by atoms with Crippen LogP contribution in [0.25, 0.3) is 0 Å². The van der Waals surface area contributed by atoms with E-state index >= 15 is 0 Å². The van der Waals surface area contributed by atoms with Gasteiger partial charge in [-0.15, -0.1) is 0 Å². The third-order valence-corrected chi connectivity index (χ3v) is 6.72. The maximum Gasteiger partial charge on any atom is 0.262 e. The van der Waals surface area contributed by atoms with Crippen LogP contribution in [0.15, 0.2) is 51.8 Å². The highest BCUT2D eigenvalue weighted by molar-refractivity contribution is 9.10. The van der Waals surface area contributed by atoms with Crippen molar-refractivity contribution in [1.82, 2.24) is 4.90 Å². The molecule has 1 aliphatic rings. The smallest absolute Gasteiger partial charge is 0.262 e. The molecule has 0 saturated carbocycles. The van der Waals surface area contributed by atoms with Crippen molar-refractivity contribution < 1.29 is 13.2 Å². The minimum atomic E-state index is -3.70. The number of sulfonamides is 1. The van der Waals surface area contributed by atoms with Crippen molar-refractivity contribution in [2.45, 2.75) is 23.8 Å². The number of halogens is 1. The van der Waals surface area contributed by atoms with Gasteiger partial charge < -0.3 is 15.0 Å². The first-order valence-electron chi connectivity index (χ1n) is 8.80. The van der Waals surface area contributed by atoms with Crippen molar-refractivity contribution >= 4 is 37.3 Å². The summed E-state index contributed by atoms with van der Waals surface area (Å²) in [6, 6.07) is 12.1. The molecular weight excluding hydrogens is 430 g/mol. The van der Waals surface area contributed by atoms with Crippen LogP contribution in [-0.4, -0.2) is 46.6 Å². The van der Waals surface area contributed by atoms with Crippen molar-refractivity contribution in [3.63, 3.8) is 0 Å². The monoisotopic (exact) mass is 453 g/mol. The van der Waals surface area contributed by atoms with Crippen LogP contribution in [0.2, 0.25) is 0 Å². The van der Waals surface area contributed by atoms with Crippen LogP contribution in [0.3, 0.4) is 0 Å². The van der Waals surface area contributed by atoms with Crippen LogP contribution < -0.4 is 14.8 Å². The van der Waals surface area contributed by atoms with Gasteiger partial charge in [-0.3, -0.25) is 4.72 Å². The van der Waals surface area contributed by atoms with Crippen molar-refractivity contribution in [3.8, 4) is 5.75 Å². The van der Waals surface area contributed by atoms with Crippen LogP contribution in [0.5, 0.6) is 5.75 Å². The lowest BCUT2D eigenvalue weighted by molar-refractivity contribution is 0.263. The van der Waals surface area contributed by atoms with E-state index in [-0.39, 0.29) is 4.90 Å². The number of piperidine rings is 1. The molecule has 27 heavy (non-hydrogen) atoms. The Morgan fingerprint density at radius 1 is 1.11 bits per heavy atom. The van der Waals surface area contributed by atoms with Crippen molar-refractivity contribution in [1.29, 1.82) is 0 Å². The first-order valence-corrected chi connectivity index (χ1v) is 11.1. The highest BCUT2D eigenvalue weighted by atomic mass is 79.9. The molecule has 1 heterocycles. The number of hydrogen-bond acceptors (Lipinski definition) is 5. The average Bonchev–Trinajstić information content (AvgIpc) is 2.67. The van der Waals surface area contributed by atoms with Crippen molar-refractivity contribution in [3.05, 3.63) is 46.9 Å². The van der Waals surface area contributed by atoms with Crippen LogP contribution in [0, 0.1) is 0 Å². The molecule has 0 aromatic heterocycles. The van der Waals surface area contributed by atoms with Gasteiger partial charge in [0.2, 0.25) is 0 Å². The summed E-state index contributed by atoms with van der Waals surface area (Å²) in [5, 5.41) is 3.52. The highest BCUT2D eigenvalue weighted by Gasteiger charge is 2.23. The molecule has 0 spiro atoms. The minimum absolute atomic E-state index is 0.208. The van der Waals surface area contributed by atoms with E-state index in [2.05, 4.69) is 37.9 Å². The minimum Gasteiger partial charge on any atom is -0.492 e. The van der Waals surface area contributed by atoms with Gasteiger partial charge in [0.25, 0.3) is 10.0 Å². The molecule has 2 aromatic rings. The molecule has 0 atom stereocenters. The zero-order chi connectivity index (χ0) is 19.4. The summed E-state index contributed by atoms with van der Waals surface area (Å²) in [6.45, 7) is 2.05. The molecule has 0 amide bonds. The average molecular weight is 454 g/mol. The Morgan fingerprint density at radius 3 is 2.41 bits per heavy atom.